The summed E-state index contributed by atoms with van der Waals surface area (Å²) in [5.74, 6) is -0.206. The number of alkyl carbamates (subject to hydrolysis) is 1. The Hall–Kier alpha value is -2.50. The molecule has 0 bridgehead atoms. The van der Waals surface area contributed by atoms with Crippen LogP contribution in [0.5, 0.6) is 0 Å². The number of rotatable bonds is 7. The van der Waals surface area contributed by atoms with Gasteiger partial charge in [-0.1, -0.05) is 25.1 Å². The molecule has 130 valence electrons. The second-order valence-electron chi connectivity index (χ2n) is 5.80. The van der Waals surface area contributed by atoms with Gasteiger partial charge in [0, 0.05) is 29.6 Å². The van der Waals surface area contributed by atoms with E-state index in [2.05, 4.69) is 15.6 Å². The number of ether oxygens (including phenoxy) is 1. The van der Waals surface area contributed by atoms with Crippen LogP contribution in [0.3, 0.4) is 0 Å². The minimum atomic E-state index is -0.683. The van der Waals surface area contributed by atoms with E-state index in [1.54, 1.807) is 6.92 Å². The molecule has 0 unspecified atom stereocenters. The molecule has 0 saturated heterocycles. The zero-order valence-corrected chi connectivity index (χ0v) is 14.4. The zero-order chi connectivity index (χ0) is 17.5. The van der Waals surface area contributed by atoms with Crippen molar-refractivity contribution in [2.75, 3.05) is 6.61 Å². The first-order valence-corrected chi connectivity index (χ1v) is 8.33. The fourth-order valence-corrected chi connectivity index (χ4v) is 2.49. The molecule has 0 radical (unpaired) electrons. The number of hydrogen-bond donors (Lipinski definition) is 3. The predicted molar refractivity (Wildman–Crippen MR) is 93.8 cm³/mol. The van der Waals surface area contributed by atoms with Crippen LogP contribution in [0.15, 0.2) is 30.5 Å². The Bertz CT molecular complexity index is 696. The number of benzene rings is 1. The smallest absolute Gasteiger partial charge is 0.407 e. The van der Waals surface area contributed by atoms with Gasteiger partial charge < -0.3 is 20.4 Å². The number of fused-ring (bicyclic) bond motifs is 1. The number of carbonyl (C=O) groups excluding carboxylic acids is 2. The lowest BCUT2D eigenvalue weighted by atomic mass is 10.0. The average molecular weight is 331 g/mol. The van der Waals surface area contributed by atoms with E-state index >= 15 is 0 Å². The summed E-state index contributed by atoms with van der Waals surface area (Å²) >= 11 is 0. The average Bonchev–Trinajstić information content (AvgIpc) is 2.97. The summed E-state index contributed by atoms with van der Waals surface area (Å²) in [4.78, 5) is 27.5. The molecule has 3 N–H and O–H groups in total. The first-order valence-electron chi connectivity index (χ1n) is 8.33. The third-order valence-corrected chi connectivity index (χ3v) is 3.98. The molecule has 2 rings (SSSR count). The van der Waals surface area contributed by atoms with Crippen molar-refractivity contribution in [3.8, 4) is 0 Å². The fraction of sp³-hybridized carbons (Fsp3) is 0.444. The van der Waals surface area contributed by atoms with Crippen molar-refractivity contribution in [3.05, 3.63) is 36.0 Å². The van der Waals surface area contributed by atoms with Crippen LogP contribution in [0, 0.1) is 0 Å². The maximum Gasteiger partial charge on any atom is 0.407 e. The van der Waals surface area contributed by atoms with Gasteiger partial charge in [0.1, 0.15) is 6.04 Å². The van der Waals surface area contributed by atoms with E-state index in [-0.39, 0.29) is 18.6 Å². The highest BCUT2D eigenvalue weighted by Gasteiger charge is 2.24. The maximum atomic E-state index is 12.5. The lowest BCUT2D eigenvalue weighted by Crippen LogP contribution is -2.50. The summed E-state index contributed by atoms with van der Waals surface area (Å²) in [5.41, 5.74) is 1.98. The van der Waals surface area contributed by atoms with Crippen molar-refractivity contribution < 1.29 is 14.3 Å². The third kappa shape index (κ3) is 4.50. The van der Waals surface area contributed by atoms with E-state index in [1.807, 2.05) is 44.3 Å². The number of para-hydroxylation sites is 1. The Labute approximate surface area is 142 Å². The van der Waals surface area contributed by atoms with Crippen LogP contribution >= 0.6 is 0 Å². The minimum absolute atomic E-state index is 0.0481. The molecule has 0 spiro atoms. The van der Waals surface area contributed by atoms with Gasteiger partial charge >= 0.3 is 6.09 Å². The summed E-state index contributed by atoms with van der Waals surface area (Å²) < 4.78 is 4.92. The van der Waals surface area contributed by atoms with Crippen molar-refractivity contribution in [3.63, 3.8) is 0 Å². The molecule has 0 aliphatic heterocycles. The number of aromatic amines is 1. The summed E-state index contributed by atoms with van der Waals surface area (Å²) in [7, 11) is 0. The lowest BCUT2D eigenvalue weighted by Gasteiger charge is -2.20. The monoisotopic (exact) mass is 331 g/mol. The Morgan fingerprint density at radius 1 is 1.21 bits per heavy atom. The molecule has 24 heavy (non-hydrogen) atoms. The molecule has 2 aromatic rings. The van der Waals surface area contributed by atoms with E-state index in [0.717, 1.165) is 22.9 Å². The van der Waals surface area contributed by atoms with Gasteiger partial charge in [-0.2, -0.15) is 0 Å². The SMILES string of the molecule is CCOC(=O)N[C@H](Cc1c[nH]c2ccccc12)C(=O)N[C@H](C)CC. The number of H-pyrrole nitrogens is 1. The van der Waals surface area contributed by atoms with Crippen LogP contribution < -0.4 is 10.6 Å². The van der Waals surface area contributed by atoms with E-state index < -0.39 is 12.1 Å². The molecule has 0 aliphatic carbocycles. The Balaban J connectivity index is 2.18. The number of nitrogens with one attached hydrogen (secondary N) is 3. The normalized spacial score (nSPS) is 13.3. The summed E-state index contributed by atoms with van der Waals surface area (Å²) in [5, 5.41) is 6.63. The highest BCUT2D eigenvalue weighted by molar-refractivity contribution is 5.88. The van der Waals surface area contributed by atoms with Crippen LogP contribution in [0.25, 0.3) is 10.9 Å². The van der Waals surface area contributed by atoms with Crippen molar-refractivity contribution in [2.24, 2.45) is 0 Å². The van der Waals surface area contributed by atoms with Crippen molar-refractivity contribution in [1.29, 1.82) is 0 Å². The van der Waals surface area contributed by atoms with Gasteiger partial charge in [-0.25, -0.2) is 4.79 Å². The molecule has 0 fully saturated rings. The molecule has 1 aromatic carbocycles. The van der Waals surface area contributed by atoms with Gasteiger partial charge in [-0.15, -0.1) is 0 Å². The third-order valence-electron chi connectivity index (χ3n) is 3.98. The Morgan fingerprint density at radius 3 is 2.67 bits per heavy atom. The van der Waals surface area contributed by atoms with Crippen molar-refractivity contribution in [2.45, 2.75) is 45.7 Å². The number of aromatic nitrogens is 1. The molecule has 1 heterocycles. The Morgan fingerprint density at radius 2 is 1.96 bits per heavy atom. The molecule has 2 atom stereocenters. The van der Waals surface area contributed by atoms with Crippen LogP contribution in [0.2, 0.25) is 0 Å². The molecular weight excluding hydrogens is 306 g/mol. The zero-order valence-electron chi connectivity index (χ0n) is 14.4. The van der Waals surface area contributed by atoms with Gasteiger partial charge in [-0.05, 0) is 31.9 Å². The summed E-state index contributed by atoms with van der Waals surface area (Å²) in [6.07, 6.45) is 2.51. The number of carbonyl (C=O) groups is 2. The van der Waals surface area contributed by atoms with Crippen molar-refractivity contribution >= 4 is 22.9 Å². The molecule has 0 aliphatic rings. The van der Waals surface area contributed by atoms with Gasteiger partial charge in [0.15, 0.2) is 0 Å². The molecule has 6 heteroatoms. The van der Waals surface area contributed by atoms with Crippen LogP contribution in [-0.2, 0) is 16.0 Å². The highest BCUT2D eigenvalue weighted by Crippen LogP contribution is 2.19. The maximum absolute atomic E-state index is 12.5. The molecule has 0 saturated carbocycles. The number of amides is 2. The molecule has 2 amide bonds. The van der Waals surface area contributed by atoms with Gasteiger partial charge in [0.25, 0.3) is 0 Å². The lowest BCUT2D eigenvalue weighted by molar-refractivity contribution is -0.123. The minimum Gasteiger partial charge on any atom is -0.450 e. The van der Waals surface area contributed by atoms with Gasteiger partial charge in [0.05, 0.1) is 6.61 Å². The Kier molecular flexibility index (Phi) is 6.23. The van der Waals surface area contributed by atoms with E-state index in [1.165, 1.54) is 0 Å². The van der Waals surface area contributed by atoms with Gasteiger partial charge in [0.2, 0.25) is 5.91 Å². The molecular formula is C18H25N3O3. The highest BCUT2D eigenvalue weighted by atomic mass is 16.5. The van der Waals surface area contributed by atoms with Crippen LogP contribution in [0.1, 0.15) is 32.8 Å². The number of hydrogen-bond acceptors (Lipinski definition) is 3. The van der Waals surface area contributed by atoms with Crippen LogP contribution in [0.4, 0.5) is 4.79 Å². The van der Waals surface area contributed by atoms with E-state index in [0.29, 0.717) is 6.42 Å². The first-order chi connectivity index (χ1) is 11.5. The second-order valence-corrected chi connectivity index (χ2v) is 5.80. The quantitative estimate of drug-likeness (QED) is 0.729. The van der Waals surface area contributed by atoms with Gasteiger partial charge in [-0.3, -0.25) is 4.79 Å². The van der Waals surface area contributed by atoms with E-state index in [9.17, 15) is 9.59 Å². The van der Waals surface area contributed by atoms with E-state index in [4.69, 9.17) is 4.74 Å². The summed E-state index contributed by atoms with van der Waals surface area (Å²) in [6, 6.07) is 7.24. The second kappa shape index (κ2) is 8.38. The fourth-order valence-electron chi connectivity index (χ4n) is 2.49. The van der Waals surface area contributed by atoms with Crippen molar-refractivity contribution in [1.82, 2.24) is 15.6 Å². The topological polar surface area (TPSA) is 83.2 Å². The summed E-state index contributed by atoms with van der Waals surface area (Å²) in [6.45, 7) is 5.93. The largest absolute Gasteiger partial charge is 0.450 e. The molecule has 6 nitrogen and oxygen atoms in total. The van der Waals surface area contributed by atoms with Crippen LogP contribution in [-0.4, -0.2) is 35.7 Å². The first kappa shape index (κ1) is 17.8. The predicted octanol–water partition coefficient (Wildman–Crippen LogP) is 2.74. The molecule has 1 aromatic heterocycles. The standard InChI is InChI=1S/C18H25N3O3/c1-4-12(3)20-17(22)16(21-18(23)24-5-2)10-13-11-19-15-9-7-6-8-14(13)15/h6-9,11-12,16,19H,4-5,10H2,1-3H3,(H,20,22)(H,21,23)/t12-,16-/m1/s1.